The molecule has 2 aromatic heterocycles. The molecule has 2 amide bonds. The normalized spacial score (nSPS) is 11.4. The highest BCUT2D eigenvalue weighted by molar-refractivity contribution is 7.12. The summed E-state index contributed by atoms with van der Waals surface area (Å²) in [5, 5.41) is 6.71. The molecule has 0 saturated carbocycles. The van der Waals surface area contributed by atoms with Gasteiger partial charge >= 0.3 is 5.97 Å². The zero-order chi connectivity index (χ0) is 23.9. The van der Waals surface area contributed by atoms with Crippen LogP contribution >= 0.6 is 22.7 Å². The molecule has 0 saturated heterocycles. The first-order valence-corrected chi connectivity index (χ1v) is 12.3. The van der Waals surface area contributed by atoms with Crippen molar-refractivity contribution in [3.8, 4) is 0 Å². The van der Waals surface area contributed by atoms with E-state index in [9.17, 15) is 14.4 Å². The van der Waals surface area contributed by atoms with Crippen molar-refractivity contribution < 1.29 is 19.1 Å². The first-order valence-electron chi connectivity index (χ1n) is 10.5. The molecule has 1 N–H and O–H groups in total. The van der Waals surface area contributed by atoms with E-state index in [0.717, 1.165) is 10.4 Å². The number of amides is 2. The van der Waals surface area contributed by atoms with Crippen LogP contribution in [0.5, 0.6) is 0 Å². The van der Waals surface area contributed by atoms with Crippen LogP contribution in [0.1, 0.15) is 36.5 Å². The van der Waals surface area contributed by atoms with Crippen LogP contribution in [-0.4, -0.2) is 31.4 Å². The molecule has 0 aliphatic heterocycles. The van der Waals surface area contributed by atoms with Crippen molar-refractivity contribution in [3.63, 3.8) is 0 Å². The van der Waals surface area contributed by atoms with Crippen LogP contribution in [0.4, 0.5) is 5.69 Å². The zero-order valence-electron chi connectivity index (χ0n) is 18.3. The Hall–Kier alpha value is -3.75. The maximum atomic E-state index is 12.8. The van der Waals surface area contributed by atoms with E-state index in [-0.39, 0.29) is 17.5 Å². The van der Waals surface area contributed by atoms with Crippen LogP contribution in [0.2, 0.25) is 0 Å². The van der Waals surface area contributed by atoms with Crippen molar-refractivity contribution >= 4 is 46.1 Å². The van der Waals surface area contributed by atoms with E-state index >= 15 is 0 Å². The SMILES string of the molecule is CN(C(=O)c1cccs1)c1ccccc1C(=O)OCC(=O)NC(c1ccccc1)c1cccs1. The lowest BCUT2D eigenvalue weighted by Crippen LogP contribution is -2.33. The molecule has 6 nitrogen and oxygen atoms in total. The molecule has 0 spiro atoms. The van der Waals surface area contributed by atoms with Gasteiger partial charge in [0, 0.05) is 11.9 Å². The van der Waals surface area contributed by atoms with Gasteiger partial charge in [-0.15, -0.1) is 22.7 Å². The number of benzene rings is 2. The van der Waals surface area contributed by atoms with Gasteiger partial charge in [0.15, 0.2) is 6.61 Å². The summed E-state index contributed by atoms with van der Waals surface area (Å²) >= 11 is 2.86. The molecule has 0 bridgehead atoms. The fourth-order valence-corrected chi connectivity index (χ4v) is 4.95. The zero-order valence-corrected chi connectivity index (χ0v) is 20.0. The van der Waals surface area contributed by atoms with E-state index in [2.05, 4.69) is 5.32 Å². The lowest BCUT2D eigenvalue weighted by molar-refractivity contribution is -0.124. The predicted molar refractivity (Wildman–Crippen MR) is 135 cm³/mol. The Kier molecular flexibility index (Phi) is 7.51. The fourth-order valence-electron chi connectivity index (χ4n) is 3.44. The summed E-state index contributed by atoms with van der Waals surface area (Å²) in [4.78, 5) is 41.2. The molecule has 1 atom stereocenters. The minimum absolute atomic E-state index is 0.209. The number of anilines is 1. The van der Waals surface area contributed by atoms with Crippen molar-refractivity contribution in [1.29, 1.82) is 0 Å². The summed E-state index contributed by atoms with van der Waals surface area (Å²) in [5.41, 5.74) is 1.55. The molecular formula is C26H22N2O4S2. The minimum Gasteiger partial charge on any atom is -0.452 e. The average molecular weight is 491 g/mol. The number of esters is 1. The first-order chi connectivity index (χ1) is 16.5. The van der Waals surface area contributed by atoms with Crippen LogP contribution in [0.3, 0.4) is 0 Å². The number of thiophene rings is 2. The summed E-state index contributed by atoms with van der Waals surface area (Å²) in [5.74, 6) is -1.32. The number of hydrogen-bond acceptors (Lipinski definition) is 6. The standard InChI is InChI=1S/C26H22N2O4S2/c1-28(25(30)22-14-8-16-34-22)20-12-6-5-11-19(20)26(31)32-17-23(29)27-24(21-13-7-15-33-21)18-9-3-2-4-10-18/h2-16,24H,17H2,1H3,(H,27,29). The van der Waals surface area contributed by atoms with Crippen LogP contribution in [0.15, 0.2) is 89.6 Å². The second-order valence-corrected chi connectivity index (χ2v) is 9.29. The number of nitrogens with one attached hydrogen (secondary N) is 1. The van der Waals surface area contributed by atoms with E-state index in [1.807, 2.05) is 53.2 Å². The van der Waals surface area contributed by atoms with E-state index in [4.69, 9.17) is 4.74 Å². The van der Waals surface area contributed by atoms with E-state index in [1.54, 1.807) is 43.4 Å². The molecule has 4 aromatic rings. The molecule has 1 unspecified atom stereocenters. The third-order valence-electron chi connectivity index (χ3n) is 5.12. The maximum Gasteiger partial charge on any atom is 0.340 e. The first kappa shape index (κ1) is 23.4. The third-order valence-corrected chi connectivity index (χ3v) is 6.92. The lowest BCUT2D eigenvalue weighted by Gasteiger charge is -2.20. The van der Waals surface area contributed by atoms with Gasteiger partial charge in [0.2, 0.25) is 0 Å². The summed E-state index contributed by atoms with van der Waals surface area (Å²) < 4.78 is 5.32. The Bertz CT molecular complexity index is 1260. The van der Waals surface area contributed by atoms with Crippen LogP contribution in [0.25, 0.3) is 0 Å². The van der Waals surface area contributed by atoms with Crippen molar-refractivity contribution in [1.82, 2.24) is 5.32 Å². The van der Waals surface area contributed by atoms with Crippen molar-refractivity contribution in [3.05, 3.63) is 111 Å². The molecule has 0 aliphatic rings. The number of para-hydroxylation sites is 1. The molecule has 0 radical (unpaired) electrons. The highest BCUT2D eigenvalue weighted by Crippen LogP contribution is 2.26. The predicted octanol–water partition coefficient (Wildman–Crippen LogP) is 5.15. The Morgan fingerprint density at radius 1 is 0.882 bits per heavy atom. The van der Waals surface area contributed by atoms with Gasteiger partial charge in [0.05, 0.1) is 22.2 Å². The Morgan fingerprint density at radius 2 is 1.59 bits per heavy atom. The highest BCUT2D eigenvalue weighted by atomic mass is 32.1. The molecule has 2 aromatic carbocycles. The number of hydrogen-bond donors (Lipinski definition) is 1. The summed E-state index contributed by atoms with van der Waals surface area (Å²) in [6, 6.07) is 23.3. The quantitative estimate of drug-likeness (QED) is 0.347. The van der Waals surface area contributed by atoms with Gasteiger partial charge in [-0.25, -0.2) is 4.79 Å². The third kappa shape index (κ3) is 5.41. The monoisotopic (exact) mass is 490 g/mol. The highest BCUT2D eigenvalue weighted by Gasteiger charge is 2.23. The van der Waals surface area contributed by atoms with Gasteiger partial charge in [0.25, 0.3) is 11.8 Å². The smallest absolute Gasteiger partial charge is 0.340 e. The van der Waals surface area contributed by atoms with E-state index < -0.39 is 18.5 Å². The molecule has 172 valence electrons. The minimum atomic E-state index is -0.677. The Balaban J connectivity index is 1.44. The van der Waals surface area contributed by atoms with Gasteiger partial charge in [-0.3, -0.25) is 9.59 Å². The molecule has 0 fully saturated rings. The Morgan fingerprint density at radius 3 is 2.29 bits per heavy atom. The molecular weight excluding hydrogens is 468 g/mol. The second kappa shape index (κ2) is 10.9. The summed E-state index contributed by atoms with van der Waals surface area (Å²) in [7, 11) is 1.60. The topological polar surface area (TPSA) is 75.7 Å². The largest absolute Gasteiger partial charge is 0.452 e. The van der Waals surface area contributed by atoms with E-state index in [0.29, 0.717) is 10.6 Å². The fraction of sp³-hybridized carbons (Fsp3) is 0.115. The number of carbonyl (C=O) groups excluding carboxylic acids is 3. The van der Waals surface area contributed by atoms with Crippen LogP contribution < -0.4 is 10.2 Å². The number of ether oxygens (including phenoxy) is 1. The Labute approximate surface area is 205 Å². The van der Waals surface area contributed by atoms with Crippen molar-refractivity contribution in [2.45, 2.75) is 6.04 Å². The second-order valence-electron chi connectivity index (χ2n) is 7.36. The van der Waals surface area contributed by atoms with Crippen molar-refractivity contribution in [2.75, 3.05) is 18.6 Å². The lowest BCUT2D eigenvalue weighted by atomic mass is 10.1. The number of rotatable bonds is 8. The van der Waals surface area contributed by atoms with Gasteiger partial charge < -0.3 is 15.0 Å². The molecule has 2 heterocycles. The van der Waals surface area contributed by atoms with Crippen molar-refractivity contribution in [2.24, 2.45) is 0 Å². The molecule has 4 rings (SSSR count). The number of nitrogens with zero attached hydrogens (tertiary/aromatic N) is 1. The molecule has 8 heteroatoms. The summed E-state index contributed by atoms with van der Waals surface area (Å²) in [6.07, 6.45) is 0. The summed E-state index contributed by atoms with van der Waals surface area (Å²) in [6.45, 7) is -0.440. The van der Waals surface area contributed by atoms with Gasteiger partial charge in [-0.05, 0) is 40.6 Å². The average Bonchev–Trinajstić information content (AvgIpc) is 3.60. The van der Waals surface area contributed by atoms with Crippen LogP contribution in [0, 0.1) is 0 Å². The van der Waals surface area contributed by atoms with Gasteiger partial charge in [0.1, 0.15) is 0 Å². The van der Waals surface area contributed by atoms with Gasteiger partial charge in [-0.2, -0.15) is 0 Å². The van der Waals surface area contributed by atoms with Crippen LogP contribution in [-0.2, 0) is 9.53 Å². The van der Waals surface area contributed by atoms with Gasteiger partial charge in [-0.1, -0.05) is 54.6 Å². The van der Waals surface area contributed by atoms with E-state index in [1.165, 1.54) is 27.6 Å². The molecule has 34 heavy (non-hydrogen) atoms. The molecule has 0 aliphatic carbocycles. The maximum absolute atomic E-state index is 12.8. The number of carbonyl (C=O) groups is 3.